The number of hydrogen-bond donors (Lipinski definition) is 0. The van der Waals surface area contributed by atoms with Crippen molar-refractivity contribution < 1.29 is 4.39 Å². The zero-order valence-corrected chi connectivity index (χ0v) is 11.2. The molecular formula is C15H27F. The minimum atomic E-state index is -0.682. The average Bonchev–Trinajstić information content (AvgIpc) is 2.23. The van der Waals surface area contributed by atoms with Crippen molar-refractivity contribution in [2.45, 2.75) is 53.1 Å². The van der Waals surface area contributed by atoms with E-state index in [1.165, 1.54) is 12.8 Å². The Labute approximate surface area is 100 Å². The predicted molar refractivity (Wildman–Crippen MR) is 69.1 cm³/mol. The fraction of sp³-hybridized carbons (Fsp3) is 0.867. The molecule has 1 saturated carbocycles. The molecule has 16 heavy (non-hydrogen) atoms. The molecule has 94 valence electrons. The molecule has 0 radical (unpaired) electrons. The number of rotatable bonds is 4. The number of alkyl halides is 1. The van der Waals surface area contributed by atoms with Gasteiger partial charge in [-0.2, -0.15) is 0 Å². The molecule has 0 saturated heterocycles. The van der Waals surface area contributed by atoms with Gasteiger partial charge in [0.05, 0.1) is 0 Å². The Morgan fingerprint density at radius 1 is 1.38 bits per heavy atom. The lowest BCUT2D eigenvalue weighted by Crippen LogP contribution is -2.38. The van der Waals surface area contributed by atoms with E-state index in [4.69, 9.17) is 0 Å². The highest BCUT2D eigenvalue weighted by Crippen LogP contribution is 2.42. The first kappa shape index (κ1) is 13.7. The van der Waals surface area contributed by atoms with Gasteiger partial charge >= 0.3 is 0 Å². The Hall–Kier alpha value is -0.330. The molecule has 5 atom stereocenters. The van der Waals surface area contributed by atoms with Crippen LogP contribution in [0.25, 0.3) is 0 Å². The molecule has 0 aromatic heterocycles. The Morgan fingerprint density at radius 3 is 2.50 bits per heavy atom. The van der Waals surface area contributed by atoms with Gasteiger partial charge in [-0.1, -0.05) is 40.2 Å². The van der Waals surface area contributed by atoms with Gasteiger partial charge in [-0.15, -0.1) is 6.58 Å². The third-order valence-electron chi connectivity index (χ3n) is 4.37. The summed E-state index contributed by atoms with van der Waals surface area (Å²) in [5, 5.41) is 0. The predicted octanol–water partition coefficient (Wildman–Crippen LogP) is 4.86. The minimum absolute atomic E-state index is 0.0879. The summed E-state index contributed by atoms with van der Waals surface area (Å²) in [6.45, 7) is 12.6. The van der Waals surface area contributed by atoms with Crippen molar-refractivity contribution in [1.29, 1.82) is 0 Å². The van der Waals surface area contributed by atoms with Crippen LogP contribution in [0.2, 0.25) is 0 Å². The van der Waals surface area contributed by atoms with E-state index in [1.807, 2.05) is 13.0 Å². The van der Waals surface area contributed by atoms with Gasteiger partial charge in [0.2, 0.25) is 0 Å². The third-order valence-corrected chi connectivity index (χ3v) is 4.37. The van der Waals surface area contributed by atoms with Crippen LogP contribution in [0, 0.1) is 29.6 Å². The molecule has 0 nitrogen and oxygen atoms in total. The molecule has 0 N–H and O–H groups in total. The number of halogens is 1. The van der Waals surface area contributed by atoms with E-state index in [-0.39, 0.29) is 11.8 Å². The number of allylic oxidation sites excluding steroid dienone is 1. The van der Waals surface area contributed by atoms with Crippen LogP contribution in [0.3, 0.4) is 0 Å². The second-order valence-electron chi connectivity index (χ2n) is 6.06. The van der Waals surface area contributed by atoms with Crippen molar-refractivity contribution in [2.75, 3.05) is 0 Å². The highest BCUT2D eigenvalue weighted by atomic mass is 19.1. The Bertz CT molecular complexity index is 221. The molecule has 0 aromatic carbocycles. The highest BCUT2D eigenvalue weighted by molar-refractivity contribution is 4.97. The molecule has 1 fully saturated rings. The first-order valence-electron chi connectivity index (χ1n) is 6.74. The topological polar surface area (TPSA) is 0 Å². The molecule has 1 rings (SSSR count). The molecular weight excluding hydrogens is 199 g/mol. The van der Waals surface area contributed by atoms with Crippen LogP contribution < -0.4 is 0 Å². The van der Waals surface area contributed by atoms with Crippen LogP contribution in [0.15, 0.2) is 12.7 Å². The molecule has 0 aliphatic heterocycles. The second kappa shape index (κ2) is 5.84. The molecule has 0 aromatic rings. The highest BCUT2D eigenvalue weighted by Gasteiger charge is 2.39. The molecule has 5 unspecified atom stereocenters. The summed E-state index contributed by atoms with van der Waals surface area (Å²) in [4.78, 5) is 0. The maximum atomic E-state index is 14.2. The fourth-order valence-corrected chi connectivity index (χ4v) is 2.95. The lowest BCUT2D eigenvalue weighted by molar-refractivity contribution is 0.0422. The van der Waals surface area contributed by atoms with E-state index >= 15 is 0 Å². The van der Waals surface area contributed by atoms with E-state index in [0.717, 1.165) is 12.3 Å². The van der Waals surface area contributed by atoms with Gasteiger partial charge in [-0.25, -0.2) is 4.39 Å². The van der Waals surface area contributed by atoms with Crippen molar-refractivity contribution in [1.82, 2.24) is 0 Å². The molecule has 0 bridgehead atoms. The monoisotopic (exact) mass is 226 g/mol. The Morgan fingerprint density at radius 2 is 2.00 bits per heavy atom. The van der Waals surface area contributed by atoms with E-state index in [2.05, 4.69) is 27.4 Å². The van der Waals surface area contributed by atoms with Crippen LogP contribution in [0.4, 0.5) is 4.39 Å². The summed E-state index contributed by atoms with van der Waals surface area (Å²) in [5.41, 5.74) is 0. The average molecular weight is 226 g/mol. The quantitative estimate of drug-likeness (QED) is 0.601. The van der Waals surface area contributed by atoms with Crippen LogP contribution >= 0.6 is 0 Å². The fourth-order valence-electron chi connectivity index (χ4n) is 2.95. The van der Waals surface area contributed by atoms with Crippen LogP contribution in [0.5, 0.6) is 0 Å². The summed E-state index contributed by atoms with van der Waals surface area (Å²) < 4.78 is 14.2. The van der Waals surface area contributed by atoms with Gasteiger partial charge < -0.3 is 0 Å². The second-order valence-corrected chi connectivity index (χ2v) is 6.06. The minimum Gasteiger partial charge on any atom is -0.247 e. The van der Waals surface area contributed by atoms with Crippen LogP contribution in [0.1, 0.15) is 47.0 Å². The first-order chi connectivity index (χ1) is 7.47. The van der Waals surface area contributed by atoms with Crippen molar-refractivity contribution in [3.63, 3.8) is 0 Å². The van der Waals surface area contributed by atoms with Crippen molar-refractivity contribution in [2.24, 2.45) is 29.6 Å². The molecule has 0 spiro atoms. The molecule has 1 heteroatoms. The normalized spacial score (nSPS) is 40.0. The molecule has 0 amide bonds. The summed E-state index contributed by atoms with van der Waals surface area (Å²) in [7, 11) is 0. The smallest absolute Gasteiger partial charge is 0.109 e. The molecule has 1 aliphatic rings. The third kappa shape index (κ3) is 3.09. The maximum absolute atomic E-state index is 14.2. The van der Waals surface area contributed by atoms with Crippen molar-refractivity contribution >= 4 is 0 Å². The van der Waals surface area contributed by atoms with Gasteiger partial charge in [0.15, 0.2) is 0 Å². The maximum Gasteiger partial charge on any atom is 0.109 e. The SMILES string of the molecule is C=CC1C(CCC(C)C)CC(C)C(C)C1F. The van der Waals surface area contributed by atoms with Gasteiger partial charge in [0.1, 0.15) is 6.17 Å². The van der Waals surface area contributed by atoms with Gasteiger partial charge in [0.25, 0.3) is 0 Å². The van der Waals surface area contributed by atoms with E-state index in [0.29, 0.717) is 11.8 Å². The largest absolute Gasteiger partial charge is 0.247 e. The van der Waals surface area contributed by atoms with Gasteiger partial charge in [0, 0.05) is 5.92 Å². The summed E-state index contributed by atoms with van der Waals surface area (Å²) >= 11 is 0. The van der Waals surface area contributed by atoms with Gasteiger partial charge in [-0.3, -0.25) is 0 Å². The van der Waals surface area contributed by atoms with E-state index < -0.39 is 6.17 Å². The Kier molecular flexibility index (Phi) is 5.01. The summed E-state index contributed by atoms with van der Waals surface area (Å²) in [6.07, 6.45) is 4.72. The summed E-state index contributed by atoms with van der Waals surface area (Å²) in [5.74, 6) is 2.03. The van der Waals surface area contributed by atoms with E-state index in [9.17, 15) is 4.39 Å². The van der Waals surface area contributed by atoms with Crippen molar-refractivity contribution in [3.8, 4) is 0 Å². The molecule has 0 heterocycles. The Balaban J connectivity index is 2.63. The summed E-state index contributed by atoms with van der Waals surface area (Å²) in [6, 6.07) is 0. The first-order valence-corrected chi connectivity index (χ1v) is 6.74. The molecule has 1 aliphatic carbocycles. The van der Waals surface area contributed by atoms with Crippen LogP contribution in [-0.4, -0.2) is 6.17 Å². The van der Waals surface area contributed by atoms with Crippen LogP contribution in [-0.2, 0) is 0 Å². The number of hydrogen-bond acceptors (Lipinski definition) is 0. The zero-order valence-electron chi connectivity index (χ0n) is 11.2. The zero-order chi connectivity index (χ0) is 12.3. The van der Waals surface area contributed by atoms with Gasteiger partial charge in [-0.05, 0) is 36.5 Å². The lowest BCUT2D eigenvalue weighted by Gasteiger charge is -2.40. The van der Waals surface area contributed by atoms with E-state index in [1.54, 1.807) is 0 Å². The standard InChI is InChI=1S/C15H27F/c1-6-14-13(8-7-10(2)3)9-11(4)12(5)15(14)16/h6,10-15H,1,7-9H2,2-5H3. The lowest BCUT2D eigenvalue weighted by atomic mass is 9.66. The van der Waals surface area contributed by atoms with Crippen molar-refractivity contribution in [3.05, 3.63) is 12.7 Å².